The lowest BCUT2D eigenvalue weighted by atomic mass is 9.64. The Morgan fingerprint density at radius 3 is 1.76 bits per heavy atom. The second-order valence-corrected chi connectivity index (χ2v) is 7.18. The minimum atomic E-state index is 0.577. The van der Waals surface area contributed by atoms with E-state index in [1.165, 1.54) is 51.4 Å². The lowest BCUT2D eigenvalue weighted by Crippen LogP contribution is -2.38. The van der Waals surface area contributed by atoms with Crippen LogP contribution in [0, 0.1) is 11.3 Å². The molecule has 1 saturated carbocycles. The third-order valence-electron chi connectivity index (χ3n) is 5.89. The van der Waals surface area contributed by atoms with Gasteiger partial charge in [-0.25, -0.2) is 0 Å². The second-order valence-electron chi connectivity index (χ2n) is 5.96. The highest BCUT2D eigenvalue weighted by atomic mass is 32.2. The molecule has 1 aliphatic carbocycles. The van der Waals surface area contributed by atoms with E-state index in [-0.39, 0.29) is 0 Å². The van der Waals surface area contributed by atoms with Crippen LogP contribution < -0.4 is 0 Å². The molecule has 0 nitrogen and oxygen atoms in total. The molecule has 0 aromatic carbocycles. The van der Waals surface area contributed by atoms with Crippen molar-refractivity contribution in [2.75, 3.05) is 6.26 Å². The van der Waals surface area contributed by atoms with Crippen LogP contribution >= 0.6 is 11.8 Å². The second kappa shape index (κ2) is 6.50. The van der Waals surface area contributed by atoms with Gasteiger partial charge in [-0.2, -0.15) is 11.8 Å². The van der Waals surface area contributed by atoms with Crippen LogP contribution in [-0.2, 0) is 0 Å². The zero-order valence-corrected chi connectivity index (χ0v) is 13.5. The van der Waals surface area contributed by atoms with Crippen molar-refractivity contribution in [1.29, 1.82) is 0 Å². The van der Waals surface area contributed by atoms with E-state index in [1.807, 2.05) is 0 Å². The first-order valence-corrected chi connectivity index (χ1v) is 8.89. The van der Waals surface area contributed by atoms with Gasteiger partial charge in [0.25, 0.3) is 0 Å². The van der Waals surface area contributed by atoms with E-state index in [1.54, 1.807) is 0 Å². The normalized spacial score (nSPS) is 21.7. The zero-order chi connectivity index (χ0) is 12.9. The summed E-state index contributed by atoms with van der Waals surface area (Å²) in [7, 11) is 0. The predicted molar refractivity (Wildman–Crippen MR) is 81.8 cm³/mol. The fourth-order valence-corrected chi connectivity index (χ4v) is 5.14. The molecule has 0 radical (unpaired) electrons. The molecule has 1 heteroatoms. The summed E-state index contributed by atoms with van der Waals surface area (Å²) in [6, 6.07) is 0. The Morgan fingerprint density at radius 2 is 1.47 bits per heavy atom. The van der Waals surface area contributed by atoms with Crippen LogP contribution in [0.5, 0.6) is 0 Å². The van der Waals surface area contributed by atoms with Crippen molar-refractivity contribution >= 4 is 11.8 Å². The highest BCUT2D eigenvalue weighted by Crippen LogP contribution is 2.51. The number of thioether (sulfide) groups is 1. The summed E-state index contributed by atoms with van der Waals surface area (Å²) in [5, 5.41) is 0. The Labute approximate surface area is 113 Å². The third-order valence-corrected chi connectivity index (χ3v) is 7.62. The van der Waals surface area contributed by atoms with Gasteiger partial charge in [0.15, 0.2) is 0 Å². The molecule has 0 unspecified atom stereocenters. The van der Waals surface area contributed by atoms with Gasteiger partial charge >= 0.3 is 0 Å². The predicted octanol–water partition coefficient (Wildman–Crippen LogP) is 5.90. The van der Waals surface area contributed by atoms with Crippen LogP contribution in [0.15, 0.2) is 0 Å². The summed E-state index contributed by atoms with van der Waals surface area (Å²) in [4.78, 5) is 0. The smallest absolute Gasteiger partial charge is 0.0180 e. The molecule has 17 heavy (non-hydrogen) atoms. The van der Waals surface area contributed by atoms with Gasteiger partial charge in [-0.15, -0.1) is 0 Å². The van der Waals surface area contributed by atoms with Gasteiger partial charge in [0.2, 0.25) is 0 Å². The van der Waals surface area contributed by atoms with Gasteiger partial charge in [0.1, 0.15) is 0 Å². The molecule has 1 fully saturated rings. The van der Waals surface area contributed by atoms with E-state index in [0.29, 0.717) is 10.2 Å². The highest BCUT2D eigenvalue weighted by molar-refractivity contribution is 8.00. The summed E-state index contributed by atoms with van der Waals surface area (Å²) in [6.07, 6.45) is 13.7. The molecular weight excluding hydrogens is 224 g/mol. The van der Waals surface area contributed by atoms with E-state index < -0.39 is 0 Å². The van der Waals surface area contributed by atoms with Crippen molar-refractivity contribution in [1.82, 2.24) is 0 Å². The summed E-state index contributed by atoms with van der Waals surface area (Å²) >= 11 is 2.14. The van der Waals surface area contributed by atoms with Crippen molar-refractivity contribution in [2.24, 2.45) is 11.3 Å². The molecule has 0 amide bonds. The molecule has 0 aliphatic heterocycles. The topological polar surface area (TPSA) is 0 Å². The Morgan fingerprint density at radius 1 is 1.00 bits per heavy atom. The lowest BCUT2D eigenvalue weighted by Gasteiger charge is -2.46. The molecule has 1 aliphatic rings. The Bertz CT molecular complexity index is 195. The van der Waals surface area contributed by atoms with Gasteiger partial charge in [-0.3, -0.25) is 0 Å². The number of hydrogen-bond acceptors (Lipinski definition) is 1. The number of hydrogen-bond donors (Lipinski definition) is 0. The fraction of sp³-hybridized carbons (Fsp3) is 1.00. The fourth-order valence-electron chi connectivity index (χ4n) is 4.00. The van der Waals surface area contributed by atoms with Crippen molar-refractivity contribution < 1.29 is 0 Å². The molecular formula is C16H32S. The Balaban J connectivity index is 2.67. The van der Waals surface area contributed by atoms with Gasteiger partial charge in [-0.1, -0.05) is 40.5 Å². The molecule has 1 rings (SSSR count). The van der Waals surface area contributed by atoms with Crippen LogP contribution in [0.2, 0.25) is 0 Å². The first-order chi connectivity index (χ1) is 8.12. The Kier molecular flexibility index (Phi) is 5.89. The molecule has 0 saturated heterocycles. The maximum atomic E-state index is 2.39. The minimum Gasteiger partial charge on any atom is -0.158 e. The van der Waals surface area contributed by atoms with Crippen molar-refractivity contribution in [3.8, 4) is 0 Å². The first kappa shape index (κ1) is 15.4. The first-order valence-electron chi connectivity index (χ1n) is 7.67. The molecule has 0 aromatic heterocycles. The average Bonchev–Trinajstić information content (AvgIpc) is 2.42. The van der Waals surface area contributed by atoms with Crippen molar-refractivity contribution in [2.45, 2.75) is 83.8 Å². The maximum absolute atomic E-state index is 2.39. The van der Waals surface area contributed by atoms with Gasteiger partial charge in [-0.05, 0) is 56.1 Å². The summed E-state index contributed by atoms with van der Waals surface area (Å²) in [5.41, 5.74) is 0.697. The van der Waals surface area contributed by atoms with Gasteiger partial charge in [0, 0.05) is 4.75 Å². The van der Waals surface area contributed by atoms with E-state index in [4.69, 9.17) is 0 Å². The van der Waals surface area contributed by atoms with E-state index in [2.05, 4.69) is 45.7 Å². The molecule has 0 N–H and O–H groups in total. The third kappa shape index (κ3) is 3.03. The largest absolute Gasteiger partial charge is 0.158 e. The minimum absolute atomic E-state index is 0.577. The van der Waals surface area contributed by atoms with Crippen LogP contribution in [0.25, 0.3) is 0 Å². The molecule has 0 bridgehead atoms. The highest BCUT2D eigenvalue weighted by Gasteiger charge is 2.40. The standard InChI is InChI=1S/C16H32S/c1-6-15(7-2)12-10-14(11-13-15)16(8-3,9-4)17-5/h14H,6-13H2,1-5H3. The Hall–Kier alpha value is 0.350. The molecule has 0 atom stereocenters. The monoisotopic (exact) mass is 256 g/mol. The molecule has 102 valence electrons. The summed E-state index contributed by atoms with van der Waals surface area (Å²) in [6.45, 7) is 9.57. The SMILES string of the molecule is CCC1(CC)CCC(C(CC)(CC)SC)CC1. The van der Waals surface area contributed by atoms with Crippen molar-refractivity contribution in [3.05, 3.63) is 0 Å². The van der Waals surface area contributed by atoms with Gasteiger partial charge in [0.05, 0.1) is 0 Å². The van der Waals surface area contributed by atoms with E-state index >= 15 is 0 Å². The molecule has 0 aromatic rings. The van der Waals surface area contributed by atoms with E-state index in [0.717, 1.165) is 5.92 Å². The summed E-state index contributed by atoms with van der Waals surface area (Å²) in [5.74, 6) is 0.971. The van der Waals surface area contributed by atoms with E-state index in [9.17, 15) is 0 Å². The summed E-state index contributed by atoms with van der Waals surface area (Å²) < 4.78 is 0.577. The van der Waals surface area contributed by atoms with Crippen LogP contribution in [0.4, 0.5) is 0 Å². The maximum Gasteiger partial charge on any atom is 0.0180 e. The average molecular weight is 256 g/mol. The molecule has 0 spiro atoms. The lowest BCUT2D eigenvalue weighted by molar-refractivity contribution is 0.115. The number of rotatable bonds is 6. The quantitative estimate of drug-likeness (QED) is 0.569. The van der Waals surface area contributed by atoms with Crippen LogP contribution in [0.3, 0.4) is 0 Å². The zero-order valence-electron chi connectivity index (χ0n) is 12.6. The van der Waals surface area contributed by atoms with Gasteiger partial charge < -0.3 is 0 Å². The van der Waals surface area contributed by atoms with Crippen LogP contribution in [-0.4, -0.2) is 11.0 Å². The van der Waals surface area contributed by atoms with Crippen LogP contribution in [0.1, 0.15) is 79.1 Å². The van der Waals surface area contributed by atoms with Crippen molar-refractivity contribution in [3.63, 3.8) is 0 Å². The molecule has 0 heterocycles.